The minimum atomic E-state index is 0.0278. The molecule has 0 unspecified atom stereocenters. The van der Waals surface area contributed by atoms with Crippen molar-refractivity contribution in [2.75, 3.05) is 0 Å². The van der Waals surface area contributed by atoms with Crippen molar-refractivity contribution in [2.24, 2.45) is 0 Å². The van der Waals surface area contributed by atoms with Gasteiger partial charge in [0.15, 0.2) is 0 Å². The summed E-state index contributed by atoms with van der Waals surface area (Å²) >= 11 is 9.58. The van der Waals surface area contributed by atoms with Crippen molar-refractivity contribution in [3.8, 4) is 0 Å². The second-order valence-electron chi connectivity index (χ2n) is 3.20. The summed E-state index contributed by atoms with van der Waals surface area (Å²) in [5, 5.41) is 0. The Hall–Kier alpha value is 0.490. The lowest BCUT2D eigenvalue weighted by Crippen LogP contribution is -1.89. The van der Waals surface area contributed by atoms with Crippen molar-refractivity contribution in [1.29, 1.82) is 0 Å². The van der Waals surface area contributed by atoms with Crippen LogP contribution in [0.15, 0.2) is 22.3 Å². The van der Waals surface area contributed by atoms with Crippen LogP contribution < -0.4 is 0 Å². The molecule has 0 aromatic heterocycles. The maximum absolute atomic E-state index is 4.79. The van der Waals surface area contributed by atoms with E-state index in [9.17, 15) is 0 Å². The molecule has 0 aromatic carbocycles. The fourth-order valence-corrected chi connectivity index (χ4v) is 1.41. The first-order valence-corrected chi connectivity index (χ1v) is 7.15. The highest BCUT2D eigenvalue weighted by atomic mass is 35.9. The Kier molecular flexibility index (Phi) is 6.29. The summed E-state index contributed by atoms with van der Waals surface area (Å²) in [6, 6.07) is 0. The Morgan fingerprint density at radius 3 is 1.00 bits per heavy atom. The highest BCUT2D eigenvalue weighted by molar-refractivity contribution is 7.90. The number of halogens is 2. The third-order valence-electron chi connectivity index (χ3n) is 2.81. The maximum Gasteiger partial charge on any atom is 0.0713 e. The largest absolute Gasteiger partial charge is 0.0818 e. The molecule has 1 radical (unpaired) electrons. The van der Waals surface area contributed by atoms with E-state index in [1.807, 2.05) is 0 Å². The average Bonchev–Trinajstić information content (AvgIpc) is 2.25. The molecule has 0 N–H and O–H groups in total. The van der Waals surface area contributed by atoms with E-state index in [2.05, 4.69) is 34.6 Å². The molecule has 1 rings (SSSR count). The van der Waals surface area contributed by atoms with E-state index >= 15 is 0 Å². The molecule has 0 spiro atoms. The second kappa shape index (κ2) is 6.06. The lowest BCUT2D eigenvalue weighted by molar-refractivity contribution is 1.14. The van der Waals surface area contributed by atoms with E-state index in [4.69, 9.17) is 22.5 Å². The normalized spacial score (nSPS) is 17.8. The van der Waals surface area contributed by atoms with E-state index in [1.54, 1.807) is 0 Å². The van der Waals surface area contributed by atoms with Gasteiger partial charge in [-0.05, 0) is 38.8 Å². The zero-order chi connectivity index (χ0) is 10.6. The lowest BCUT2D eigenvalue weighted by atomic mass is 10.00. The molecule has 0 bridgehead atoms. The molecule has 0 saturated heterocycles. The third-order valence-corrected chi connectivity index (χ3v) is 2.81. The van der Waals surface area contributed by atoms with Crippen LogP contribution in [0.4, 0.5) is 0 Å². The SMILES string of the molecule is C[C]1C(C)=C(C)C(C)=C1C.ClPCl. The van der Waals surface area contributed by atoms with Gasteiger partial charge in [-0.1, -0.05) is 40.6 Å². The highest BCUT2D eigenvalue weighted by Crippen LogP contribution is 2.37. The smallest absolute Gasteiger partial charge is 0.0713 e. The molecule has 1 aliphatic carbocycles. The van der Waals surface area contributed by atoms with Crippen molar-refractivity contribution in [2.45, 2.75) is 34.6 Å². The Labute approximate surface area is 92.8 Å². The van der Waals surface area contributed by atoms with Crippen LogP contribution >= 0.6 is 29.8 Å². The van der Waals surface area contributed by atoms with Gasteiger partial charge in [0.05, 0.1) is 7.29 Å². The van der Waals surface area contributed by atoms with Crippen LogP contribution in [0.5, 0.6) is 0 Å². The van der Waals surface area contributed by atoms with Gasteiger partial charge in [-0.3, -0.25) is 0 Å². The quantitative estimate of drug-likeness (QED) is 0.506. The van der Waals surface area contributed by atoms with Gasteiger partial charge in [-0.15, -0.1) is 0 Å². The van der Waals surface area contributed by atoms with Crippen LogP contribution in [0.25, 0.3) is 0 Å². The van der Waals surface area contributed by atoms with E-state index in [0.29, 0.717) is 0 Å². The molecule has 0 saturated carbocycles. The molecule has 0 atom stereocenters. The van der Waals surface area contributed by atoms with E-state index in [-0.39, 0.29) is 7.29 Å². The van der Waals surface area contributed by atoms with E-state index in [1.165, 1.54) is 28.2 Å². The summed E-state index contributed by atoms with van der Waals surface area (Å²) in [7, 11) is 0.0278. The summed E-state index contributed by atoms with van der Waals surface area (Å²) in [5.74, 6) is 1.47. The lowest BCUT2D eigenvalue weighted by Gasteiger charge is -2.04. The third kappa shape index (κ3) is 3.27. The van der Waals surface area contributed by atoms with Crippen molar-refractivity contribution in [1.82, 2.24) is 0 Å². The predicted molar refractivity (Wildman–Crippen MR) is 65.7 cm³/mol. The van der Waals surface area contributed by atoms with Gasteiger partial charge in [0, 0.05) is 5.92 Å². The van der Waals surface area contributed by atoms with Gasteiger partial charge in [0.1, 0.15) is 0 Å². The molecule has 3 heteroatoms. The topological polar surface area (TPSA) is 0 Å². The van der Waals surface area contributed by atoms with E-state index < -0.39 is 0 Å². The molecular weight excluding hydrogens is 222 g/mol. The van der Waals surface area contributed by atoms with Crippen LogP contribution in [0.2, 0.25) is 0 Å². The molecule has 0 aliphatic heterocycles. The molecule has 0 amide bonds. The van der Waals surface area contributed by atoms with Crippen LogP contribution in [0, 0.1) is 5.92 Å². The Balaban J connectivity index is 0.000000424. The molecule has 0 fully saturated rings. The summed E-state index contributed by atoms with van der Waals surface area (Å²) in [6.45, 7) is 11.0. The molecular formula is C10H16Cl2P. The zero-order valence-corrected chi connectivity index (χ0v) is 11.3. The van der Waals surface area contributed by atoms with Crippen LogP contribution in [-0.2, 0) is 0 Å². The first-order chi connectivity index (χ1) is 5.97. The maximum atomic E-state index is 4.79. The minimum Gasteiger partial charge on any atom is -0.0818 e. The summed E-state index contributed by atoms with van der Waals surface area (Å²) < 4.78 is 0. The standard InChI is InChI=1S/C10H15.Cl2HP/c1-6-7(2)9(4)10(5)8(6)3;1-3-2/h1-5H3;3H. The van der Waals surface area contributed by atoms with Gasteiger partial charge < -0.3 is 0 Å². The van der Waals surface area contributed by atoms with Crippen LogP contribution in [0.1, 0.15) is 34.6 Å². The Bertz CT molecular complexity index is 217. The van der Waals surface area contributed by atoms with Crippen LogP contribution in [-0.4, -0.2) is 0 Å². The van der Waals surface area contributed by atoms with Gasteiger partial charge >= 0.3 is 0 Å². The minimum absolute atomic E-state index is 0.0278. The molecule has 75 valence electrons. The van der Waals surface area contributed by atoms with Crippen molar-refractivity contribution in [3.63, 3.8) is 0 Å². The molecule has 1 aliphatic rings. The van der Waals surface area contributed by atoms with Crippen LogP contribution in [0.3, 0.4) is 0 Å². The van der Waals surface area contributed by atoms with Gasteiger partial charge in [-0.25, -0.2) is 0 Å². The fourth-order valence-electron chi connectivity index (χ4n) is 1.41. The van der Waals surface area contributed by atoms with Crippen molar-refractivity contribution < 1.29 is 0 Å². The van der Waals surface area contributed by atoms with Gasteiger partial charge in [0.25, 0.3) is 0 Å². The number of hydrogen-bond donors (Lipinski definition) is 0. The highest BCUT2D eigenvalue weighted by Gasteiger charge is 2.19. The second-order valence-corrected chi connectivity index (χ2v) is 5.05. The molecule has 0 nitrogen and oxygen atoms in total. The van der Waals surface area contributed by atoms with E-state index in [0.717, 1.165) is 0 Å². The number of allylic oxidation sites excluding steroid dienone is 4. The Morgan fingerprint density at radius 2 is 0.923 bits per heavy atom. The summed E-state index contributed by atoms with van der Waals surface area (Å²) in [6.07, 6.45) is 0. The molecule has 13 heavy (non-hydrogen) atoms. The monoisotopic (exact) mass is 237 g/mol. The van der Waals surface area contributed by atoms with Crippen molar-refractivity contribution in [3.05, 3.63) is 28.2 Å². The number of hydrogen-bond acceptors (Lipinski definition) is 0. The first-order valence-electron chi connectivity index (χ1n) is 4.13. The average molecular weight is 238 g/mol. The Morgan fingerprint density at radius 1 is 0.692 bits per heavy atom. The van der Waals surface area contributed by atoms with Crippen molar-refractivity contribution >= 4 is 29.8 Å². The first kappa shape index (κ1) is 13.5. The molecule has 0 heterocycles. The molecule has 0 aromatic rings. The summed E-state index contributed by atoms with van der Waals surface area (Å²) in [4.78, 5) is 0. The van der Waals surface area contributed by atoms with Gasteiger partial charge in [-0.2, -0.15) is 0 Å². The number of rotatable bonds is 0. The fraction of sp³-hybridized carbons (Fsp3) is 0.500. The zero-order valence-electron chi connectivity index (χ0n) is 8.76. The van der Waals surface area contributed by atoms with Gasteiger partial charge in [0.2, 0.25) is 0 Å². The predicted octanol–water partition coefficient (Wildman–Crippen LogP) is 5.24. The summed E-state index contributed by atoms with van der Waals surface area (Å²) in [5.41, 5.74) is 5.87.